The molecule has 0 saturated heterocycles. The third-order valence-electron chi connectivity index (χ3n) is 2.75. The van der Waals surface area contributed by atoms with Crippen molar-refractivity contribution in [2.24, 2.45) is 0 Å². The van der Waals surface area contributed by atoms with Crippen LogP contribution in [-0.4, -0.2) is 23.7 Å². The highest BCUT2D eigenvalue weighted by Crippen LogP contribution is 2.01. The maximum atomic E-state index is 11.3. The van der Waals surface area contributed by atoms with Crippen molar-refractivity contribution in [3.63, 3.8) is 0 Å². The van der Waals surface area contributed by atoms with Crippen LogP contribution >= 0.6 is 0 Å². The third kappa shape index (κ3) is 7.78. The number of hydrogen-bond acceptors (Lipinski definition) is 4. The Hall–Kier alpha value is -2.66. The van der Waals surface area contributed by atoms with Gasteiger partial charge in [0.25, 0.3) is 0 Å². The van der Waals surface area contributed by atoms with Crippen LogP contribution in [0.4, 0.5) is 0 Å². The maximum Gasteiger partial charge on any atom is 0.373 e. The standard InChI is InChI=1S/C11H14O3.C7H6O2/c1-2-3-9-13-14-11(12)10-7-5-4-6-8-10;8-7(9)6-4-2-1-3-5-6/h4-8H,2-3,9H2,1H3;1-5H,(H,8,9). The molecule has 0 aliphatic carbocycles. The van der Waals surface area contributed by atoms with E-state index < -0.39 is 11.9 Å². The number of benzene rings is 2. The van der Waals surface area contributed by atoms with E-state index in [0.29, 0.717) is 17.7 Å². The van der Waals surface area contributed by atoms with Gasteiger partial charge in [0.05, 0.1) is 17.7 Å². The summed E-state index contributed by atoms with van der Waals surface area (Å²) in [5.74, 6) is -1.32. The molecule has 0 radical (unpaired) electrons. The van der Waals surface area contributed by atoms with Gasteiger partial charge in [-0.15, -0.1) is 0 Å². The highest BCUT2D eigenvalue weighted by atomic mass is 17.2. The molecule has 1 N–H and O–H groups in total. The summed E-state index contributed by atoms with van der Waals surface area (Å²) < 4.78 is 0. The number of carbonyl (C=O) groups excluding carboxylic acids is 1. The molecule has 5 heteroatoms. The Labute approximate surface area is 135 Å². The molecule has 5 nitrogen and oxygen atoms in total. The lowest BCUT2D eigenvalue weighted by Gasteiger charge is -2.02. The van der Waals surface area contributed by atoms with Crippen LogP contribution in [0.25, 0.3) is 0 Å². The summed E-state index contributed by atoms with van der Waals surface area (Å²) in [4.78, 5) is 30.8. The molecule has 0 atom stereocenters. The third-order valence-corrected chi connectivity index (χ3v) is 2.75. The molecule has 23 heavy (non-hydrogen) atoms. The molecular weight excluding hydrogens is 296 g/mol. The van der Waals surface area contributed by atoms with Crippen molar-refractivity contribution < 1.29 is 24.5 Å². The fourth-order valence-electron chi connectivity index (χ4n) is 1.50. The summed E-state index contributed by atoms with van der Waals surface area (Å²) in [7, 11) is 0. The maximum absolute atomic E-state index is 11.3. The highest BCUT2D eigenvalue weighted by molar-refractivity contribution is 5.88. The summed E-state index contributed by atoms with van der Waals surface area (Å²) >= 11 is 0. The molecule has 2 aromatic rings. The molecular formula is C18H20O5. The van der Waals surface area contributed by atoms with Gasteiger partial charge in [0.1, 0.15) is 0 Å². The second-order valence-electron chi connectivity index (χ2n) is 4.58. The van der Waals surface area contributed by atoms with Crippen molar-refractivity contribution in [1.29, 1.82) is 0 Å². The second kappa shape index (κ2) is 11.0. The van der Waals surface area contributed by atoms with Crippen LogP contribution in [-0.2, 0) is 9.78 Å². The zero-order valence-corrected chi connectivity index (χ0v) is 13.0. The predicted molar refractivity (Wildman–Crippen MR) is 86.1 cm³/mol. The van der Waals surface area contributed by atoms with E-state index >= 15 is 0 Å². The summed E-state index contributed by atoms with van der Waals surface area (Å²) in [5.41, 5.74) is 0.835. The number of carboxylic acid groups (broad SMARTS) is 1. The minimum Gasteiger partial charge on any atom is -0.478 e. The van der Waals surface area contributed by atoms with Crippen LogP contribution < -0.4 is 0 Å². The van der Waals surface area contributed by atoms with Crippen LogP contribution in [0.15, 0.2) is 60.7 Å². The normalized spacial score (nSPS) is 9.43. The molecule has 0 fully saturated rings. The van der Waals surface area contributed by atoms with Crippen molar-refractivity contribution in [2.75, 3.05) is 6.61 Å². The van der Waals surface area contributed by atoms with Gasteiger partial charge in [-0.05, 0) is 30.7 Å². The number of hydrogen-bond donors (Lipinski definition) is 1. The van der Waals surface area contributed by atoms with Gasteiger partial charge in [0.2, 0.25) is 0 Å². The largest absolute Gasteiger partial charge is 0.478 e. The van der Waals surface area contributed by atoms with Crippen molar-refractivity contribution in [3.05, 3.63) is 71.8 Å². The molecule has 0 heterocycles. The molecule has 0 amide bonds. The minimum atomic E-state index is -0.879. The number of unbranched alkanes of at least 4 members (excludes halogenated alkanes) is 1. The number of carbonyl (C=O) groups is 2. The Bertz CT molecular complexity index is 581. The smallest absolute Gasteiger partial charge is 0.373 e. The SMILES string of the molecule is CCCCOOC(=O)c1ccccc1.O=C(O)c1ccccc1. The van der Waals surface area contributed by atoms with Gasteiger partial charge in [0.15, 0.2) is 0 Å². The fraction of sp³-hybridized carbons (Fsp3) is 0.222. The lowest BCUT2D eigenvalue weighted by atomic mass is 10.2. The van der Waals surface area contributed by atoms with E-state index in [-0.39, 0.29) is 0 Å². The molecule has 0 aliphatic heterocycles. The number of aromatic carboxylic acids is 1. The molecule has 0 unspecified atom stereocenters. The first-order valence-electron chi connectivity index (χ1n) is 7.32. The number of carboxylic acids is 1. The summed E-state index contributed by atoms with van der Waals surface area (Å²) in [6.45, 7) is 2.50. The number of rotatable bonds is 6. The Morgan fingerprint density at radius 2 is 1.43 bits per heavy atom. The van der Waals surface area contributed by atoms with E-state index in [9.17, 15) is 9.59 Å². The first kappa shape index (κ1) is 18.4. The van der Waals surface area contributed by atoms with E-state index in [1.807, 2.05) is 13.0 Å². The molecule has 0 aromatic heterocycles. The van der Waals surface area contributed by atoms with Crippen molar-refractivity contribution in [3.8, 4) is 0 Å². The van der Waals surface area contributed by atoms with Gasteiger partial charge in [-0.25, -0.2) is 9.59 Å². The topological polar surface area (TPSA) is 72.8 Å². The second-order valence-corrected chi connectivity index (χ2v) is 4.58. The van der Waals surface area contributed by atoms with E-state index in [1.165, 1.54) is 0 Å². The van der Waals surface area contributed by atoms with Crippen LogP contribution in [0.2, 0.25) is 0 Å². The molecule has 2 rings (SSSR count). The Balaban J connectivity index is 0.000000253. The van der Waals surface area contributed by atoms with Gasteiger partial charge in [-0.2, -0.15) is 4.89 Å². The Morgan fingerprint density at radius 1 is 0.913 bits per heavy atom. The van der Waals surface area contributed by atoms with Gasteiger partial charge in [-0.3, -0.25) is 4.89 Å². The van der Waals surface area contributed by atoms with E-state index in [2.05, 4.69) is 4.89 Å². The molecule has 2 aromatic carbocycles. The highest BCUT2D eigenvalue weighted by Gasteiger charge is 2.06. The summed E-state index contributed by atoms with van der Waals surface area (Å²) in [6.07, 6.45) is 1.91. The van der Waals surface area contributed by atoms with Crippen LogP contribution in [0.3, 0.4) is 0 Å². The van der Waals surface area contributed by atoms with E-state index in [1.54, 1.807) is 54.6 Å². The van der Waals surface area contributed by atoms with Gasteiger partial charge in [-0.1, -0.05) is 49.7 Å². The van der Waals surface area contributed by atoms with E-state index in [0.717, 1.165) is 12.8 Å². The predicted octanol–water partition coefficient (Wildman–Crippen LogP) is 3.96. The summed E-state index contributed by atoms with van der Waals surface area (Å²) in [5, 5.41) is 8.38. The average molecular weight is 316 g/mol. The first-order chi connectivity index (χ1) is 11.1. The van der Waals surface area contributed by atoms with Gasteiger partial charge in [0, 0.05) is 0 Å². The molecule has 122 valence electrons. The monoisotopic (exact) mass is 316 g/mol. The lowest BCUT2D eigenvalue weighted by Crippen LogP contribution is -2.06. The molecule has 0 aliphatic rings. The fourth-order valence-corrected chi connectivity index (χ4v) is 1.50. The van der Waals surface area contributed by atoms with Gasteiger partial charge >= 0.3 is 11.9 Å². The van der Waals surface area contributed by atoms with Crippen molar-refractivity contribution >= 4 is 11.9 Å². The van der Waals surface area contributed by atoms with Gasteiger partial charge < -0.3 is 5.11 Å². The van der Waals surface area contributed by atoms with Crippen LogP contribution in [0.1, 0.15) is 40.5 Å². The zero-order valence-electron chi connectivity index (χ0n) is 13.0. The summed E-state index contributed by atoms with van der Waals surface area (Å²) in [6, 6.07) is 17.1. The quantitative estimate of drug-likeness (QED) is 0.496. The lowest BCUT2D eigenvalue weighted by molar-refractivity contribution is -0.241. The zero-order chi connectivity index (χ0) is 16.9. The van der Waals surface area contributed by atoms with Crippen molar-refractivity contribution in [2.45, 2.75) is 19.8 Å². The Morgan fingerprint density at radius 3 is 1.87 bits per heavy atom. The average Bonchev–Trinajstić information content (AvgIpc) is 2.60. The molecule has 0 spiro atoms. The minimum absolute atomic E-state index is 0.331. The Kier molecular flexibility index (Phi) is 8.78. The molecule has 0 saturated carbocycles. The van der Waals surface area contributed by atoms with Crippen LogP contribution in [0, 0.1) is 0 Å². The van der Waals surface area contributed by atoms with Crippen molar-refractivity contribution in [1.82, 2.24) is 0 Å². The van der Waals surface area contributed by atoms with Crippen LogP contribution in [0.5, 0.6) is 0 Å². The molecule has 0 bridgehead atoms. The first-order valence-corrected chi connectivity index (χ1v) is 7.32. The van der Waals surface area contributed by atoms with E-state index in [4.69, 9.17) is 9.99 Å².